The molecule has 0 aliphatic carbocycles. The first-order valence-corrected chi connectivity index (χ1v) is 9.98. The summed E-state index contributed by atoms with van der Waals surface area (Å²) in [7, 11) is 0. The summed E-state index contributed by atoms with van der Waals surface area (Å²) in [6, 6.07) is 18.0. The highest BCUT2D eigenvalue weighted by atomic mass is 19.4. The smallest absolute Gasteiger partial charge is 0.406 e. The number of alkyl halides is 3. The van der Waals surface area contributed by atoms with Crippen LogP contribution >= 0.6 is 0 Å². The molecule has 7 nitrogen and oxygen atoms in total. The molecule has 2 aromatic carbocycles. The van der Waals surface area contributed by atoms with Crippen LogP contribution in [0.4, 0.5) is 13.2 Å². The molecule has 0 unspecified atom stereocenters. The van der Waals surface area contributed by atoms with E-state index in [0.717, 1.165) is 5.56 Å². The van der Waals surface area contributed by atoms with Gasteiger partial charge in [-0.15, -0.1) is 13.2 Å². The van der Waals surface area contributed by atoms with Crippen molar-refractivity contribution in [2.24, 2.45) is 0 Å². The van der Waals surface area contributed by atoms with Gasteiger partial charge in [-0.2, -0.15) is 4.98 Å². The number of nitrogens with zero attached hydrogens (tertiary/aromatic N) is 3. The third-order valence-corrected chi connectivity index (χ3v) is 4.81. The zero-order chi connectivity index (χ0) is 23.4. The van der Waals surface area contributed by atoms with Gasteiger partial charge in [-0.3, -0.25) is 4.79 Å². The van der Waals surface area contributed by atoms with Crippen LogP contribution < -0.4 is 10.1 Å². The van der Waals surface area contributed by atoms with Gasteiger partial charge in [-0.25, -0.2) is 0 Å². The van der Waals surface area contributed by atoms with Crippen LogP contribution in [0.25, 0.3) is 23.0 Å². The molecule has 2 heterocycles. The molecule has 0 aliphatic heterocycles. The molecule has 33 heavy (non-hydrogen) atoms. The number of carbonyl (C=O) groups is 1. The van der Waals surface area contributed by atoms with Crippen LogP contribution in [0, 0.1) is 0 Å². The highest BCUT2D eigenvalue weighted by Crippen LogP contribution is 2.27. The lowest BCUT2D eigenvalue weighted by Gasteiger charge is -2.15. The van der Waals surface area contributed by atoms with Crippen molar-refractivity contribution in [3.63, 3.8) is 0 Å². The number of hydrogen-bond acceptors (Lipinski definition) is 5. The topological polar surface area (TPSA) is 82.2 Å². The van der Waals surface area contributed by atoms with Crippen molar-refractivity contribution < 1.29 is 27.2 Å². The van der Waals surface area contributed by atoms with E-state index in [-0.39, 0.29) is 36.0 Å². The van der Waals surface area contributed by atoms with Gasteiger partial charge in [-0.05, 0) is 48.9 Å². The van der Waals surface area contributed by atoms with Crippen LogP contribution in [0.2, 0.25) is 0 Å². The van der Waals surface area contributed by atoms with Crippen LogP contribution in [0.3, 0.4) is 0 Å². The number of nitrogens with one attached hydrogen (secondary N) is 1. The number of hydrogen-bond donors (Lipinski definition) is 1. The van der Waals surface area contributed by atoms with Gasteiger partial charge in [0.15, 0.2) is 0 Å². The van der Waals surface area contributed by atoms with E-state index in [1.54, 1.807) is 22.9 Å². The molecule has 1 N–H and O–H groups in total. The zero-order valence-corrected chi connectivity index (χ0v) is 17.4. The van der Waals surface area contributed by atoms with Gasteiger partial charge in [-0.1, -0.05) is 35.5 Å². The molecule has 4 rings (SSSR count). The fraction of sp³-hybridized carbons (Fsp3) is 0.174. The highest BCUT2D eigenvalue weighted by molar-refractivity contribution is 5.77. The molecule has 0 bridgehead atoms. The van der Waals surface area contributed by atoms with Crippen LogP contribution in [0.5, 0.6) is 5.75 Å². The van der Waals surface area contributed by atoms with Crippen molar-refractivity contribution in [2.45, 2.75) is 25.9 Å². The molecule has 0 fully saturated rings. The van der Waals surface area contributed by atoms with Crippen molar-refractivity contribution in [1.82, 2.24) is 20.0 Å². The normalized spacial score (nSPS) is 12.4. The predicted octanol–water partition coefficient (Wildman–Crippen LogP) is 4.98. The number of ether oxygens (including phenoxy) is 1. The Morgan fingerprint density at radius 3 is 2.52 bits per heavy atom. The fourth-order valence-electron chi connectivity index (χ4n) is 3.26. The van der Waals surface area contributed by atoms with Crippen LogP contribution in [0.1, 0.15) is 18.5 Å². The fourth-order valence-corrected chi connectivity index (χ4v) is 3.26. The van der Waals surface area contributed by atoms with Crippen molar-refractivity contribution in [1.29, 1.82) is 0 Å². The van der Waals surface area contributed by atoms with Gasteiger partial charge in [0, 0.05) is 11.8 Å². The van der Waals surface area contributed by atoms with E-state index >= 15 is 0 Å². The predicted molar refractivity (Wildman–Crippen MR) is 113 cm³/mol. The third-order valence-electron chi connectivity index (χ3n) is 4.81. The summed E-state index contributed by atoms with van der Waals surface area (Å²) in [5.41, 5.74) is 1.98. The van der Waals surface area contributed by atoms with Crippen molar-refractivity contribution in [3.05, 3.63) is 78.5 Å². The van der Waals surface area contributed by atoms with E-state index in [4.69, 9.17) is 4.52 Å². The van der Waals surface area contributed by atoms with Crippen molar-refractivity contribution in [3.8, 4) is 28.7 Å². The van der Waals surface area contributed by atoms with E-state index in [0.29, 0.717) is 11.3 Å². The van der Waals surface area contributed by atoms with Gasteiger partial charge >= 0.3 is 6.36 Å². The van der Waals surface area contributed by atoms with E-state index in [1.165, 1.54) is 24.3 Å². The van der Waals surface area contributed by atoms with Crippen molar-refractivity contribution in [2.75, 3.05) is 0 Å². The Labute approximate surface area is 186 Å². The number of rotatable bonds is 7. The Balaban J connectivity index is 1.44. The third kappa shape index (κ3) is 5.59. The summed E-state index contributed by atoms with van der Waals surface area (Å²) in [5.74, 6) is -0.170. The first-order valence-electron chi connectivity index (χ1n) is 9.98. The summed E-state index contributed by atoms with van der Waals surface area (Å²) in [5, 5.41) is 6.84. The van der Waals surface area contributed by atoms with Crippen LogP contribution in [-0.2, 0) is 11.3 Å². The average molecular weight is 456 g/mol. The summed E-state index contributed by atoms with van der Waals surface area (Å²) < 4.78 is 47.8. The number of aromatic nitrogens is 3. The largest absolute Gasteiger partial charge is 0.573 e. The van der Waals surface area contributed by atoms with Crippen LogP contribution in [-0.4, -0.2) is 27.0 Å². The first-order chi connectivity index (χ1) is 15.8. The second-order valence-corrected chi connectivity index (χ2v) is 7.22. The summed E-state index contributed by atoms with van der Waals surface area (Å²) in [6.45, 7) is 1.94. The lowest BCUT2D eigenvalue weighted by molar-refractivity contribution is -0.274. The van der Waals surface area contributed by atoms with Gasteiger partial charge in [0.2, 0.25) is 11.7 Å². The van der Waals surface area contributed by atoms with Gasteiger partial charge in [0.1, 0.15) is 18.0 Å². The number of amides is 1. The molecule has 2 aromatic heterocycles. The Bertz CT molecular complexity index is 1220. The van der Waals surface area contributed by atoms with Crippen LogP contribution in [0.15, 0.2) is 77.4 Å². The molecule has 170 valence electrons. The quantitative estimate of drug-likeness (QED) is 0.424. The Kier molecular flexibility index (Phi) is 6.16. The number of halogens is 3. The molecule has 10 heteroatoms. The lowest BCUT2D eigenvalue weighted by Crippen LogP contribution is -2.30. The molecule has 0 aliphatic rings. The van der Waals surface area contributed by atoms with E-state index in [2.05, 4.69) is 20.2 Å². The SMILES string of the molecule is C[C@@H](NC(=O)Cn1cccc1-c1nc(-c2ccc(OC(F)(F)F)cc2)no1)c1ccccc1. The average Bonchev–Trinajstić information content (AvgIpc) is 3.43. The Hall–Kier alpha value is -4.08. The maximum absolute atomic E-state index is 12.5. The van der Waals surface area contributed by atoms with Gasteiger partial charge in [0.05, 0.1) is 6.04 Å². The molecule has 1 atom stereocenters. The Morgan fingerprint density at radius 2 is 1.82 bits per heavy atom. The minimum Gasteiger partial charge on any atom is -0.406 e. The second kappa shape index (κ2) is 9.19. The number of benzene rings is 2. The minimum atomic E-state index is -4.77. The Morgan fingerprint density at radius 1 is 1.09 bits per heavy atom. The maximum atomic E-state index is 12.5. The molecule has 0 saturated heterocycles. The molecule has 0 radical (unpaired) electrons. The molecular weight excluding hydrogens is 437 g/mol. The second-order valence-electron chi connectivity index (χ2n) is 7.22. The van der Waals surface area contributed by atoms with Crippen molar-refractivity contribution >= 4 is 5.91 Å². The maximum Gasteiger partial charge on any atom is 0.573 e. The summed E-state index contributed by atoms with van der Waals surface area (Å²) >= 11 is 0. The molecular formula is C23H19F3N4O3. The summed E-state index contributed by atoms with van der Waals surface area (Å²) in [6.07, 6.45) is -3.05. The van der Waals surface area contributed by atoms with E-state index in [9.17, 15) is 18.0 Å². The first kappa shape index (κ1) is 22.1. The standard InChI is InChI=1S/C23H19F3N4O3/c1-15(16-6-3-2-4-7-16)27-20(31)14-30-13-5-8-19(30)22-28-21(29-33-22)17-9-11-18(12-10-17)32-23(24,25)26/h2-13,15H,14H2,1H3,(H,27,31)/t15-/m1/s1. The lowest BCUT2D eigenvalue weighted by atomic mass is 10.1. The molecule has 4 aromatic rings. The minimum absolute atomic E-state index is 0.0424. The van der Waals surface area contributed by atoms with Gasteiger partial charge < -0.3 is 19.1 Å². The van der Waals surface area contributed by atoms with E-state index < -0.39 is 6.36 Å². The van der Waals surface area contributed by atoms with Gasteiger partial charge in [0.25, 0.3) is 5.89 Å². The summed E-state index contributed by atoms with van der Waals surface area (Å²) in [4.78, 5) is 16.9. The monoisotopic (exact) mass is 456 g/mol. The molecule has 0 saturated carbocycles. The molecule has 0 spiro atoms. The zero-order valence-electron chi connectivity index (χ0n) is 17.4. The molecule has 1 amide bonds. The van der Waals surface area contributed by atoms with E-state index in [1.807, 2.05) is 37.3 Å². The number of carbonyl (C=O) groups excluding carboxylic acids is 1. The highest BCUT2D eigenvalue weighted by Gasteiger charge is 2.31.